The molecule has 5 heteroatoms. The maximum Gasteiger partial charge on any atom is 0.214 e. The first-order valence-electron chi connectivity index (χ1n) is 5.44. The Morgan fingerprint density at radius 3 is 2.33 bits per heavy atom. The summed E-state index contributed by atoms with van der Waals surface area (Å²) in [6.45, 7) is 1.86. The highest BCUT2D eigenvalue weighted by Crippen LogP contribution is 2.21. The van der Waals surface area contributed by atoms with Crippen LogP contribution in [0, 0.1) is 0 Å². The highest BCUT2D eigenvalue weighted by molar-refractivity contribution is 7.89. The summed E-state index contributed by atoms with van der Waals surface area (Å²) in [5.74, 6) is 0.459. The van der Waals surface area contributed by atoms with E-state index < -0.39 is 10.0 Å². The summed E-state index contributed by atoms with van der Waals surface area (Å²) in [7, 11) is -1.48. The van der Waals surface area contributed by atoms with Crippen molar-refractivity contribution in [2.75, 3.05) is 12.8 Å². The van der Waals surface area contributed by atoms with Crippen LogP contribution in [0.1, 0.15) is 39.0 Å². The maximum absolute atomic E-state index is 11.8. The zero-order valence-corrected chi connectivity index (χ0v) is 10.2. The summed E-state index contributed by atoms with van der Waals surface area (Å²) >= 11 is 0. The summed E-state index contributed by atoms with van der Waals surface area (Å²) in [6, 6.07) is 0.0271. The Morgan fingerprint density at radius 2 is 1.87 bits per heavy atom. The van der Waals surface area contributed by atoms with Crippen LogP contribution in [0.15, 0.2) is 0 Å². The van der Waals surface area contributed by atoms with Gasteiger partial charge in [-0.3, -0.25) is 4.79 Å². The van der Waals surface area contributed by atoms with Crippen molar-refractivity contribution >= 4 is 15.8 Å². The topological polar surface area (TPSA) is 54.5 Å². The third-order valence-electron chi connectivity index (χ3n) is 2.93. The number of Topliss-reactive ketones (excluding diaryl/α,β-unsaturated/α-hetero) is 1. The van der Waals surface area contributed by atoms with Gasteiger partial charge in [0.1, 0.15) is 5.78 Å². The van der Waals surface area contributed by atoms with E-state index in [9.17, 15) is 13.2 Å². The Balaban J connectivity index is 2.60. The van der Waals surface area contributed by atoms with Crippen LogP contribution in [0.5, 0.6) is 0 Å². The van der Waals surface area contributed by atoms with Gasteiger partial charge in [-0.15, -0.1) is 0 Å². The quantitative estimate of drug-likeness (QED) is 0.732. The number of hydrogen-bond acceptors (Lipinski definition) is 3. The molecule has 0 bridgehead atoms. The Bertz CT molecular complexity index is 314. The lowest BCUT2D eigenvalue weighted by molar-refractivity contribution is -0.120. The molecule has 0 atom stereocenters. The van der Waals surface area contributed by atoms with Gasteiger partial charge < -0.3 is 0 Å². The van der Waals surface area contributed by atoms with Crippen LogP contribution in [0.3, 0.4) is 0 Å². The lowest BCUT2D eigenvalue weighted by Gasteiger charge is -2.29. The molecule has 0 spiro atoms. The van der Waals surface area contributed by atoms with Crippen LogP contribution in [-0.4, -0.2) is 37.3 Å². The first-order valence-corrected chi connectivity index (χ1v) is 7.05. The van der Waals surface area contributed by atoms with Gasteiger partial charge in [0, 0.05) is 25.9 Å². The molecule has 0 radical (unpaired) electrons. The number of carbonyl (C=O) groups is 1. The van der Waals surface area contributed by atoms with Gasteiger partial charge in [-0.05, 0) is 19.3 Å². The van der Waals surface area contributed by atoms with Crippen molar-refractivity contribution in [2.24, 2.45) is 0 Å². The molecule has 1 rings (SSSR count). The molecule has 0 heterocycles. The Hall–Kier alpha value is -0.420. The second kappa shape index (κ2) is 5.07. The molecule has 1 saturated carbocycles. The summed E-state index contributed by atoms with van der Waals surface area (Å²) in [5, 5.41) is 0. The van der Waals surface area contributed by atoms with Gasteiger partial charge in [0.25, 0.3) is 0 Å². The second-order valence-electron chi connectivity index (χ2n) is 4.10. The fourth-order valence-electron chi connectivity index (χ4n) is 1.92. The van der Waals surface area contributed by atoms with E-state index in [0.717, 1.165) is 0 Å². The summed E-state index contributed by atoms with van der Waals surface area (Å²) in [6.07, 6.45) is 3.04. The van der Waals surface area contributed by atoms with Crippen molar-refractivity contribution in [1.29, 1.82) is 0 Å². The van der Waals surface area contributed by atoms with Crippen LogP contribution in [0.2, 0.25) is 0 Å². The number of carbonyl (C=O) groups excluding carboxylic acids is 1. The number of ketones is 1. The number of hydrogen-bond donors (Lipinski definition) is 0. The van der Waals surface area contributed by atoms with E-state index in [2.05, 4.69) is 0 Å². The van der Waals surface area contributed by atoms with E-state index in [4.69, 9.17) is 0 Å². The van der Waals surface area contributed by atoms with E-state index >= 15 is 0 Å². The molecule has 0 amide bonds. The fourth-order valence-corrected chi connectivity index (χ4v) is 3.39. The van der Waals surface area contributed by atoms with Crippen molar-refractivity contribution in [3.8, 4) is 0 Å². The van der Waals surface area contributed by atoms with E-state index in [-0.39, 0.29) is 17.6 Å². The molecule has 0 N–H and O–H groups in total. The molecule has 4 nitrogen and oxygen atoms in total. The summed E-state index contributed by atoms with van der Waals surface area (Å²) in [5.41, 5.74) is 0. The van der Waals surface area contributed by atoms with Crippen molar-refractivity contribution in [3.63, 3.8) is 0 Å². The van der Waals surface area contributed by atoms with Gasteiger partial charge in [-0.25, -0.2) is 12.7 Å². The lowest BCUT2D eigenvalue weighted by atomic mass is 9.95. The molecule has 1 aliphatic rings. The van der Waals surface area contributed by atoms with Crippen molar-refractivity contribution in [3.05, 3.63) is 0 Å². The van der Waals surface area contributed by atoms with Crippen molar-refractivity contribution < 1.29 is 13.2 Å². The molecule has 0 saturated heterocycles. The molecular formula is C10H19NO3S. The number of nitrogens with zero attached hydrogens (tertiary/aromatic N) is 1. The van der Waals surface area contributed by atoms with Gasteiger partial charge in [0.05, 0.1) is 5.75 Å². The maximum atomic E-state index is 11.8. The van der Waals surface area contributed by atoms with E-state index in [1.54, 1.807) is 7.05 Å². The SMILES string of the molecule is CCCS(=O)(=O)N(C)C1CCC(=O)CC1. The van der Waals surface area contributed by atoms with E-state index in [1.165, 1.54) is 4.31 Å². The normalized spacial score (nSPS) is 19.8. The standard InChI is InChI=1S/C10H19NO3S/c1-3-8-15(13,14)11(2)9-4-6-10(12)7-5-9/h9H,3-8H2,1-2H3. The number of sulfonamides is 1. The van der Waals surface area contributed by atoms with Crippen LogP contribution < -0.4 is 0 Å². The van der Waals surface area contributed by atoms with Crippen molar-refractivity contribution in [1.82, 2.24) is 4.31 Å². The lowest BCUT2D eigenvalue weighted by Crippen LogP contribution is -2.40. The molecule has 88 valence electrons. The van der Waals surface area contributed by atoms with Crippen LogP contribution in [-0.2, 0) is 14.8 Å². The zero-order chi connectivity index (χ0) is 11.5. The molecule has 1 fully saturated rings. The number of rotatable bonds is 4. The first-order chi connectivity index (χ1) is 6.97. The van der Waals surface area contributed by atoms with Gasteiger partial charge in [-0.1, -0.05) is 6.92 Å². The van der Waals surface area contributed by atoms with Gasteiger partial charge >= 0.3 is 0 Å². The smallest absolute Gasteiger partial charge is 0.214 e. The van der Waals surface area contributed by atoms with Crippen LogP contribution in [0.4, 0.5) is 0 Å². The van der Waals surface area contributed by atoms with E-state index in [0.29, 0.717) is 32.1 Å². The minimum atomic E-state index is -3.11. The minimum Gasteiger partial charge on any atom is -0.300 e. The average Bonchev–Trinajstić information content (AvgIpc) is 2.18. The predicted octanol–water partition coefficient (Wildman–Crippen LogP) is 1.17. The van der Waals surface area contributed by atoms with E-state index in [1.807, 2.05) is 6.92 Å². The Kier molecular flexibility index (Phi) is 4.28. The second-order valence-corrected chi connectivity index (χ2v) is 6.25. The summed E-state index contributed by atoms with van der Waals surface area (Å²) in [4.78, 5) is 11.0. The Morgan fingerprint density at radius 1 is 1.33 bits per heavy atom. The van der Waals surface area contributed by atoms with Gasteiger partial charge in [0.2, 0.25) is 10.0 Å². The van der Waals surface area contributed by atoms with Gasteiger partial charge in [-0.2, -0.15) is 0 Å². The highest BCUT2D eigenvalue weighted by Gasteiger charge is 2.28. The van der Waals surface area contributed by atoms with Gasteiger partial charge in [0.15, 0.2) is 0 Å². The van der Waals surface area contributed by atoms with Crippen molar-refractivity contribution in [2.45, 2.75) is 45.1 Å². The Labute approximate surface area is 91.7 Å². The molecule has 0 unspecified atom stereocenters. The zero-order valence-electron chi connectivity index (χ0n) is 9.40. The van der Waals surface area contributed by atoms with Crippen LogP contribution in [0.25, 0.3) is 0 Å². The molecular weight excluding hydrogens is 214 g/mol. The molecule has 15 heavy (non-hydrogen) atoms. The average molecular weight is 233 g/mol. The highest BCUT2D eigenvalue weighted by atomic mass is 32.2. The molecule has 0 aromatic carbocycles. The predicted molar refractivity (Wildman–Crippen MR) is 59.1 cm³/mol. The fraction of sp³-hybridized carbons (Fsp3) is 0.900. The van der Waals surface area contributed by atoms with Crippen LogP contribution >= 0.6 is 0 Å². The third kappa shape index (κ3) is 3.28. The minimum absolute atomic E-state index is 0.0271. The molecule has 0 aromatic heterocycles. The first kappa shape index (κ1) is 12.6. The molecule has 1 aliphatic carbocycles. The monoisotopic (exact) mass is 233 g/mol. The molecule has 0 aliphatic heterocycles. The molecule has 0 aromatic rings. The summed E-state index contributed by atoms with van der Waals surface area (Å²) < 4.78 is 25.0. The largest absolute Gasteiger partial charge is 0.300 e. The third-order valence-corrected chi connectivity index (χ3v) is 5.03.